The summed E-state index contributed by atoms with van der Waals surface area (Å²) >= 11 is 1.47. The highest BCUT2D eigenvalue weighted by Gasteiger charge is 2.19. The van der Waals surface area contributed by atoms with Gasteiger partial charge in [-0.05, 0) is 43.9 Å². The number of thiophene rings is 1. The summed E-state index contributed by atoms with van der Waals surface area (Å²) in [5, 5.41) is 1.49. The van der Waals surface area contributed by atoms with E-state index in [1.165, 1.54) is 22.5 Å². The lowest BCUT2D eigenvalue weighted by Gasteiger charge is -2.05. The molecule has 0 aliphatic rings. The molecule has 0 fully saturated rings. The van der Waals surface area contributed by atoms with E-state index < -0.39 is 0 Å². The van der Waals surface area contributed by atoms with Crippen LogP contribution >= 0.6 is 11.3 Å². The van der Waals surface area contributed by atoms with Crippen LogP contribution in [0, 0.1) is 6.92 Å². The molecule has 108 valence electrons. The van der Waals surface area contributed by atoms with Crippen molar-refractivity contribution in [3.8, 4) is 0 Å². The maximum absolute atomic E-state index is 12.1. The Morgan fingerprint density at radius 1 is 1.35 bits per heavy atom. The average molecular weight is 291 g/mol. The lowest BCUT2D eigenvalue weighted by atomic mass is 10.0. The molecule has 1 aromatic carbocycles. The highest BCUT2D eigenvalue weighted by molar-refractivity contribution is 7.23. The number of rotatable bonds is 5. The molecule has 1 heterocycles. The zero-order valence-corrected chi connectivity index (χ0v) is 13.1. The first kappa shape index (κ1) is 14.9. The molecular formula is C16H21NO2S. The van der Waals surface area contributed by atoms with Gasteiger partial charge in [-0.3, -0.25) is 0 Å². The van der Waals surface area contributed by atoms with Crippen molar-refractivity contribution in [2.75, 3.05) is 12.3 Å². The monoisotopic (exact) mass is 291 g/mol. The van der Waals surface area contributed by atoms with Crippen LogP contribution in [0.1, 0.15) is 48.2 Å². The number of carbonyl (C=O) groups excluding carboxylic acids is 1. The van der Waals surface area contributed by atoms with Gasteiger partial charge >= 0.3 is 5.97 Å². The van der Waals surface area contributed by atoms with Gasteiger partial charge in [0, 0.05) is 10.1 Å². The number of ether oxygens (including phenoxy) is 1. The molecule has 0 saturated heterocycles. The van der Waals surface area contributed by atoms with E-state index in [1.807, 2.05) is 0 Å². The summed E-state index contributed by atoms with van der Waals surface area (Å²) in [7, 11) is 0. The summed E-state index contributed by atoms with van der Waals surface area (Å²) in [4.78, 5) is 12.1. The van der Waals surface area contributed by atoms with Crippen molar-refractivity contribution in [3.05, 3.63) is 28.8 Å². The van der Waals surface area contributed by atoms with Crippen molar-refractivity contribution >= 4 is 32.4 Å². The maximum atomic E-state index is 12.1. The van der Waals surface area contributed by atoms with Crippen LogP contribution in [0.25, 0.3) is 10.1 Å². The Labute approximate surface area is 123 Å². The van der Waals surface area contributed by atoms with Crippen LogP contribution < -0.4 is 5.73 Å². The van der Waals surface area contributed by atoms with E-state index in [1.54, 1.807) is 6.92 Å². The summed E-state index contributed by atoms with van der Waals surface area (Å²) in [5.41, 5.74) is 9.00. The third-order valence-corrected chi connectivity index (χ3v) is 4.53. The molecule has 0 radical (unpaired) electrons. The first-order valence-electron chi connectivity index (χ1n) is 7.07. The Morgan fingerprint density at radius 2 is 2.10 bits per heavy atom. The van der Waals surface area contributed by atoms with Gasteiger partial charge in [-0.2, -0.15) is 0 Å². The number of nitrogens with two attached hydrogens (primary N) is 1. The van der Waals surface area contributed by atoms with Gasteiger partial charge in [-0.1, -0.05) is 19.4 Å². The third kappa shape index (κ3) is 2.80. The Morgan fingerprint density at radius 3 is 2.75 bits per heavy atom. The number of anilines is 1. The number of hydrogen-bond donors (Lipinski definition) is 1. The fourth-order valence-corrected chi connectivity index (χ4v) is 3.41. The van der Waals surface area contributed by atoms with Gasteiger partial charge in [0.05, 0.1) is 6.61 Å². The van der Waals surface area contributed by atoms with Gasteiger partial charge in [0.15, 0.2) is 0 Å². The predicted octanol–water partition coefficient (Wildman–Crippen LogP) is 4.31. The van der Waals surface area contributed by atoms with Gasteiger partial charge in [-0.25, -0.2) is 4.79 Å². The molecule has 2 rings (SSSR count). The molecule has 0 aliphatic carbocycles. The van der Waals surface area contributed by atoms with Crippen molar-refractivity contribution in [1.82, 2.24) is 0 Å². The van der Waals surface area contributed by atoms with E-state index in [2.05, 4.69) is 26.0 Å². The van der Waals surface area contributed by atoms with Crippen LogP contribution in [0.15, 0.2) is 12.1 Å². The highest BCUT2D eigenvalue weighted by Crippen LogP contribution is 2.37. The van der Waals surface area contributed by atoms with Crippen LogP contribution in [-0.2, 0) is 11.2 Å². The van der Waals surface area contributed by atoms with Crippen LogP contribution in [0.2, 0.25) is 0 Å². The van der Waals surface area contributed by atoms with E-state index in [0.29, 0.717) is 17.2 Å². The lowest BCUT2D eigenvalue weighted by Crippen LogP contribution is -2.06. The number of hydrogen-bond acceptors (Lipinski definition) is 4. The van der Waals surface area contributed by atoms with Gasteiger partial charge in [-0.15, -0.1) is 11.3 Å². The Hall–Kier alpha value is -1.55. The standard InChI is InChI=1S/C16H21NO2S/c1-4-6-7-11-8-10(3)14-12(9-11)13(15(17)20-14)16(18)19-5-2/h8-9H,4-7,17H2,1-3H3. The topological polar surface area (TPSA) is 52.3 Å². The third-order valence-electron chi connectivity index (χ3n) is 3.36. The van der Waals surface area contributed by atoms with Crippen molar-refractivity contribution in [2.24, 2.45) is 0 Å². The Bertz CT molecular complexity index is 631. The molecular weight excluding hydrogens is 270 g/mol. The SMILES string of the molecule is CCCCc1cc(C)c2sc(N)c(C(=O)OCC)c2c1. The second-order valence-corrected chi connectivity index (χ2v) is 6.01. The summed E-state index contributed by atoms with van der Waals surface area (Å²) in [6.45, 7) is 6.42. The quantitative estimate of drug-likeness (QED) is 0.835. The summed E-state index contributed by atoms with van der Waals surface area (Å²) < 4.78 is 6.21. The number of benzene rings is 1. The minimum absolute atomic E-state index is 0.316. The number of nitrogen functional groups attached to an aromatic ring is 1. The zero-order valence-electron chi connectivity index (χ0n) is 12.3. The first-order chi connectivity index (χ1) is 9.58. The molecule has 3 nitrogen and oxygen atoms in total. The van der Waals surface area contributed by atoms with Gasteiger partial charge < -0.3 is 10.5 Å². The van der Waals surface area contributed by atoms with Crippen LogP contribution in [0.3, 0.4) is 0 Å². The minimum Gasteiger partial charge on any atom is -0.462 e. The molecule has 0 unspecified atom stereocenters. The number of esters is 1. The van der Waals surface area contributed by atoms with Gasteiger partial charge in [0.25, 0.3) is 0 Å². The molecule has 1 aromatic heterocycles. The van der Waals surface area contributed by atoms with E-state index in [-0.39, 0.29) is 5.97 Å². The van der Waals surface area contributed by atoms with E-state index in [4.69, 9.17) is 10.5 Å². The minimum atomic E-state index is -0.316. The second-order valence-electron chi connectivity index (χ2n) is 4.95. The molecule has 0 amide bonds. The Kier molecular flexibility index (Phi) is 4.65. The summed E-state index contributed by atoms with van der Waals surface area (Å²) in [6, 6.07) is 4.29. The van der Waals surface area contributed by atoms with Crippen LogP contribution in [-0.4, -0.2) is 12.6 Å². The largest absolute Gasteiger partial charge is 0.462 e. The summed E-state index contributed by atoms with van der Waals surface area (Å²) in [6.07, 6.45) is 3.35. The molecule has 2 aromatic rings. The van der Waals surface area contributed by atoms with Crippen molar-refractivity contribution in [3.63, 3.8) is 0 Å². The molecule has 0 saturated carbocycles. The molecule has 0 atom stereocenters. The Balaban J connectivity index is 2.54. The van der Waals surface area contributed by atoms with E-state index in [0.717, 1.165) is 29.3 Å². The first-order valence-corrected chi connectivity index (χ1v) is 7.88. The number of fused-ring (bicyclic) bond motifs is 1. The zero-order chi connectivity index (χ0) is 14.7. The summed E-state index contributed by atoms with van der Waals surface area (Å²) in [5.74, 6) is -0.316. The number of carbonyl (C=O) groups is 1. The van der Waals surface area contributed by atoms with Crippen molar-refractivity contribution < 1.29 is 9.53 Å². The smallest absolute Gasteiger partial charge is 0.341 e. The average Bonchev–Trinajstić information content (AvgIpc) is 2.73. The molecule has 4 heteroatoms. The highest BCUT2D eigenvalue weighted by atomic mass is 32.1. The van der Waals surface area contributed by atoms with E-state index >= 15 is 0 Å². The van der Waals surface area contributed by atoms with E-state index in [9.17, 15) is 4.79 Å². The predicted molar refractivity (Wildman–Crippen MR) is 85.5 cm³/mol. The van der Waals surface area contributed by atoms with Crippen LogP contribution in [0.4, 0.5) is 5.00 Å². The van der Waals surface area contributed by atoms with Gasteiger partial charge in [0.2, 0.25) is 0 Å². The van der Waals surface area contributed by atoms with Crippen LogP contribution in [0.5, 0.6) is 0 Å². The molecule has 0 bridgehead atoms. The maximum Gasteiger partial charge on any atom is 0.341 e. The molecule has 0 aliphatic heterocycles. The molecule has 20 heavy (non-hydrogen) atoms. The normalized spacial score (nSPS) is 10.9. The fraction of sp³-hybridized carbons (Fsp3) is 0.438. The van der Waals surface area contributed by atoms with Crippen molar-refractivity contribution in [1.29, 1.82) is 0 Å². The second kappa shape index (κ2) is 6.27. The number of aryl methyl sites for hydroxylation is 2. The number of unbranched alkanes of at least 4 members (excludes halogenated alkanes) is 1. The lowest BCUT2D eigenvalue weighted by molar-refractivity contribution is 0.0530. The molecule has 2 N–H and O–H groups in total. The van der Waals surface area contributed by atoms with Gasteiger partial charge in [0.1, 0.15) is 10.6 Å². The van der Waals surface area contributed by atoms with Crippen molar-refractivity contribution in [2.45, 2.75) is 40.0 Å². The molecule has 0 spiro atoms. The fourth-order valence-electron chi connectivity index (χ4n) is 2.40.